The Morgan fingerprint density at radius 1 is 1.04 bits per heavy atom. The predicted octanol–water partition coefficient (Wildman–Crippen LogP) is 3.57. The fourth-order valence-electron chi connectivity index (χ4n) is 2.25. The van der Waals surface area contributed by atoms with E-state index in [9.17, 15) is 13.2 Å². The smallest absolute Gasteiger partial charge is 0.255 e. The Labute approximate surface area is 156 Å². The molecule has 0 aliphatic carbocycles. The summed E-state index contributed by atoms with van der Waals surface area (Å²) in [7, 11) is -3.51. The highest BCUT2D eigenvalue weighted by Crippen LogP contribution is 2.19. The lowest BCUT2D eigenvalue weighted by atomic mass is 10.2. The van der Waals surface area contributed by atoms with E-state index >= 15 is 0 Å². The zero-order chi connectivity index (χ0) is 17.7. The van der Waals surface area contributed by atoms with Gasteiger partial charge >= 0.3 is 0 Å². The Morgan fingerprint density at radius 2 is 1.62 bits per heavy atom. The molecular formula is C17H19IN2O3S. The van der Waals surface area contributed by atoms with Crippen molar-refractivity contribution in [3.8, 4) is 0 Å². The van der Waals surface area contributed by atoms with E-state index in [-0.39, 0.29) is 10.8 Å². The molecule has 2 rings (SSSR count). The summed E-state index contributed by atoms with van der Waals surface area (Å²) in [5.41, 5.74) is 1.14. The molecule has 0 heterocycles. The molecule has 1 amide bonds. The monoisotopic (exact) mass is 458 g/mol. The highest BCUT2D eigenvalue weighted by atomic mass is 127. The van der Waals surface area contributed by atoms with Crippen molar-refractivity contribution in [2.24, 2.45) is 0 Å². The lowest BCUT2D eigenvalue weighted by molar-refractivity contribution is 0.102. The first kappa shape index (κ1) is 18.9. The van der Waals surface area contributed by atoms with Crippen LogP contribution >= 0.6 is 22.6 Å². The van der Waals surface area contributed by atoms with Gasteiger partial charge in [-0.1, -0.05) is 26.0 Å². The topological polar surface area (TPSA) is 66.5 Å². The van der Waals surface area contributed by atoms with Crippen molar-refractivity contribution >= 4 is 44.2 Å². The van der Waals surface area contributed by atoms with E-state index in [1.165, 1.54) is 28.6 Å². The molecule has 0 unspecified atom stereocenters. The van der Waals surface area contributed by atoms with Crippen LogP contribution in [0.1, 0.15) is 24.2 Å². The summed E-state index contributed by atoms with van der Waals surface area (Å²) in [6, 6.07) is 13.5. The molecule has 0 saturated carbocycles. The van der Waals surface area contributed by atoms with Gasteiger partial charge in [-0.15, -0.1) is 0 Å². The Hall–Kier alpha value is -1.45. The van der Waals surface area contributed by atoms with Crippen molar-refractivity contribution in [1.82, 2.24) is 4.31 Å². The minimum absolute atomic E-state index is 0.192. The van der Waals surface area contributed by atoms with Gasteiger partial charge in [0.05, 0.1) is 10.6 Å². The van der Waals surface area contributed by atoms with Gasteiger partial charge in [0.25, 0.3) is 5.91 Å². The van der Waals surface area contributed by atoms with E-state index < -0.39 is 10.0 Å². The highest BCUT2D eigenvalue weighted by Gasteiger charge is 2.21. The molecular weight excluding hydrogens is 439 g/mol. The number of amides is 1. The fraction of sp³-hybridized carbons (Fsp3) is 0.235. The fourth-order valence-corrected chi connectivity index (χ4v) is 4.23. The molecule has 24 heavy (non-hydrogen) atoms. The average molecular weight is 458 g/mol. The van der Waals surface area contributed by atoms with Crippen molar-refractivity contribution in [2.45, 2.75) is 18.7 Å². The summed E-state index contributed by atoms with van der Waals surface area (Å²) in [4.78, 5) is 12.5. The standard InChI is InChI=1S/C17H19IN2O3S/c1-3-20(4-2)24(22,23)14-11-9-13(10-12-14)17(21)19-16-8-6-5-7-15(16)18/h5-12H,3-4H2,1-2H3,(H,19,21). The van der Waals surface area contributed by atoms with Crippen molar-refractivity contribution < 1.29 is 13.2 Å². The Kier molecular flexibility index (Phi) is 6.36. The molecule has 0 bridgehead atoms. The van der Waals surface area contributed by atoms with Crippen LogP contribution in [0.5, 0.6) is 0 Å². The number of hydrogen-bond acceptors (Lipinski definition) is 3. The molecule has 0 aromatic heterocycles. The van der Waals surface area contributed by atoms with Crippen LogP contribution in [0.2, 0.25) is 0 Å². The minimum atomic E-state index is -3.51. The number of hydrogen-bond donors (Lipinski definition) is 1. The minimum Gasteiger partial charge on any atom is -0.321 e. The third kappa shape index (κ3) is 4.14. The third-order valence-corrected chi connectivity index (χ3v) is 6.59. The van der Waals surface area contributed by atoms with Gasteiger partial charge < -0.3 is 5.32 Å². The second-order valence-corrected chi connectivity index (χ2v) is 8.15. The number of para-hydroxylation sites is 1. The average Bonchev–Trinajstić information content (AvgIpc) is 2.58. The third-order valence-electron chi connectivity index (χ3n) is 3.58. The number of anilines is 1. The molecule has 2 aromatic rings. The van der Waals surface area contributed by atoms with Gasteiger partial charge in [0.1, 0.15) is 0 Å². The lowest BCUT2D eigenvalue weighted by Gasteiger charge is -2.18. The number of halogens is 1. The van der Waals surface area contributed by atoms with E-state index in [1.807, 2.05) is 24.3 Å². The van der Waals surface area contributed by atoms with E-state index in [1.54, 1.807) is 13.8 Å². The van der Waals surface area contributed by atoms with Crippen LogP contribution < -0.4 is 5.32 Å². The molecule has 2 aromatic carbocycles. The summed E-state index contributed by atoms with van der Waals surface area (Å²) in [6.07, 6.45) is 0. The first-order valence-corrected chi connectivity index (χ1v) is 10.1. The Balaban J connectivity index is 2.20. The molecule has 0 spiro atoms. The quantitative estimate of drug-likeness (QED) is 0.674. The van der Waals surface area contributed by atoms with E-state index in [0.717, 1.165) is 9.26 Å². The molecule has 0 atom stereocenters. The van der Waals surface area contributed by atoms with Crippen LogP contribution in [0.3, 0.4) is 0 Å². The van der Waals surface area contributed by atoms with Crippen molar-refractivity contribution in [2.75, 3.05) is 18.4 Å². The van der Waals surface area contributed by atoms with Crippen LogP contribution in [-0.4, -0.2) is 31.7 Å². The number of carbonyl (C=O) groups excluding carboxylic acids is 1. The maximum atomic E-state index is 12.4. The van der Waals surface area contributed by atoms with E-state index in [4.69, 9.17) is 0 Å². The van der Waals surface area contributed by atoms with Gasteiger partial charge in [-0.25, -0.2) is 8.42 Å². The Bertz CT molecular complexity index is 816. The first-order chi connectivity index (χ1) is 11.4. The lowest BCUT2D eigenvalue weighted by Crippen LogP contribution is -2.30. The van der Waals surface area contributed by atoms with Crippen molar-refractivity contribution in [1.29, 1.82) is 0 Å². The SMILES string of the molecule is CCN(CC)S(=O)(=O)c1ccc(C(=O)Nc2ccccc2I)cc1. The van der Waals surface area contributed by atoms with Crippen molar-refractivity contribution in [3.05, 3.63) is 57.7 Å². The van der Waals surface area contributed by atoms with Gasteiger partial charge in [-0.05, 0) is 59.0 Å². The van der Waals surface area contributed by atoms with Crippen LogP contribution in [0, 0.1) is 3.57 Å². The molecule has 7 heteroatoms. The molecule has 0 aliphatic rings. The van der Waals surface area contributed by atoms with E-state index in [2.05, 4.69) is 27.9 Å². The second-order valence-electron chi connectivity index (χ2n) is 5.05. The van der Waals surface area contributed by atoms with Gasteiger partial charge in [-0.2, -0.15) is 4.31 Å². The largest absolute Gasteiger partial charge is 0.321 e. The highest BCUT2D eigenvalue weighted by molar-refractivity contribution is 14.1. The van der Waals surface area contributed by atoms with E-state index in [0.29, 0.717) is 18.7 Å². The molecule has 0 fully saturated rings. The summed E-state index contributed by atoms with van der Waals surface area (Å²) < 4.78 is 27.2. The van der Waals surface area contributed by atoms with Crippen molar-refractivity contribution in [3.63, 3.8) is 0 Å². The number of nitrogens with zero attached hydrogens (tertiary/aromatic N) is 1. The molecule has 128 valence electrons. The van der Waals surface area contributed by atoms with Crippen LogP contribution in [0.15, 0.2) is 53.4 Å². The van der Waals surface area contributed by atoms with Gasteiger partial charge in [0.2, 0.25) is 10.0 Å². The summed E-state index contributed by atoms with van der Waals surface area (Å²) >= 11 is 2.14. The van der Waals surface area contributed by atoms with Gasteiger partial charge in [0.15, 0.2) is 0 Å². The number of nitrogens with one attached hydrogen (secondary N) is 1. The predicted molar refractivity (Wildman–Crippen MR) is 104 cm³/mol. The second kappa shape index (κ2) is 8.09. The number of carbonyl (C=O) groups is 1. The van der Waals surface area contributed by atoms with Crippen LogP contribution in [-0.2, 0) is 10.0 Å². The number of benzene rings is 2. The molecule has 1 N–H and O–H groups in total. The molecule has 5 nitrogen and oxygen atoms in total. The zero-order valence-corrected chi connectivity index (χ0v) is 16.5. The summed E-state index contributed by atoms with van der Waals surface area (Å²) in [6.45, 7) is 4.41. The number of sulfonamides is 1. The molecule has 0 saturated heterocycles. The van der Waals surface area contributed by atoms with Gasteiger partial charge in [0, 0.05) is 22.2 Å². The van der Waals surface area contributed by atoms with Crippen LogP contribution in [0.25, 0.3) is 0 Å². The van der Waals surface area contributed by atoms with Crippen LogP contribution in [0.4, 0.5) is 5.69 Å². The number of rotatable bonds is 6. The maximum Gasteiger partial charge on any atom is 0.255 e. The molecule has 0 radical (unpaired) electrons. The maximum absolute atomic E-state index is 12.4. The first-order valence-electron chi connectivity index (χ1n) is 7.56. The normalized spacial score (nSPS) is 11.5. The van der Waals surface area contributed by atoms with Gasteiger partial charge in [-0.3, -0.25) is 4.79 Å². The Morgan fingerprint density at radius 3 is 2.17 bits per heavy atom. The zero-order valence-electron chi connectivity index (χ0n) is 13.5. The summed E-state index contributed by atoms with van der Waals surface area (Å²) in [5.74, 6) is -0.272. The summed E-state index contributed by atoms with van der Waals surface area (Å²) in [5, 5.41) is 2.82. The molecule has 0 aliphatic heterocycles.